The fourth-order valence-corrected chi connectivity index (χ4v) is 3.00. The van der Waals surface area contributed by atoms with Crippen LogP contribution in [-0.2, 0) is 11.4 Å². The lowest BCUT2D eigenvalue weighted by molar-refractivity contribution is -0.112. The largest absolute Gasteiger partial charge is 0.493 e. The van der Waals surface area contributed by atoms with E-state index in [9.17, 15) is 10.1 Å². The SMILES string of the molecule is COc1cc(/C=C(\C#N)C(=O)Nc2cc(C)ccc2C)ccc1OCc1ccccc1. The quantitative estimate of drug-likeness (QED) is 0.414. The second-order valence-corrected chi connectivity index (χ2v) is 7.13. The number of ether oxygens (including phenoxy) is 2. The van der Waals surface area contributed by atoms with Crippen molar-refractivity contribution in [1.82, 2.24) is 0 Å². The zero-order chi connectivity index (χ0) is 22.2. The Kier molecular flexibility index (Phi) is 7.08. The van der Waals surface area contributed by atoms with Crippen LogP contribution >= 0.6 is 0 Å². The van der Waals surface area contributed by atoms with Crippen molar-refractivity contribution in [1.29, 1.82) is 5.26 Å². The smallest absolute Gasteiger partial charge is 0.266 e. The van der Waals surface area contributed by atoms with Gasteiger partial charge >= 0.3 is 0 Å². The van der Waals surface area contributed by atoms with Gasteiger partial charge in [0.1, 0.15) is 18.2 Å². The fourth-order valence-electron chi connectivity index (χ4n) is 3.00. The van der Waals surface area contributed by atoms with Crippen molar-refractivity contribution in [2.24, 2.45) is 0 Å². The van der Waals surface area contributed by atoms with E-state index in [2.05, 4.69) is 5.32 Å². The van der Waals surface area contributed by atoms with Crippen molar-refractivity contribution >= 4 is 17.7 Å². The molecule has 3 aromatic rings. The molecule has 0 aromatic heterocycles. The van der Waals surface area contributed by atoms with Crippen LogP contribution in [-0.4, -0.2) is 13.0 Å². The number of amides is 1. The van der Waals surface area contributed by atoms with Crippen LogP contribution in [0.2, 0.25) is 0 Å². The zero-order valence-corrected chi connectivity index (χ0v) is 17.8. The van der Waals surface area contributed by atoms with Gasteiger partial charge in [-0.05, 0) is 60.4 Å². The average Bonchev–Trinajstić information content (AvgIpc) is 2.79. The molecule has 0 aliphatic rings. The first-order valence-corrected chi connectivity index (χ1v) is 9.85. The molecular formula is C26H24N2O3. The van der Waals surface area contributed by atoms with Crippen molar-refractivity contribution in [2.75, 3.05) is 12.4 Å². The van der Waals surface area contributed by atoms with Gasteiger partial charge in [-0.1, -0.05) is 48.5 Å². The fraction of sp³-hybridized carbons (Fsp3) is 0.154. The molecule has 0 aliphatic carbocycles. The van der Waals surface area contributed by atoms with Crippen molar-refractivity contribution < 1.29 is 14.3 Å². The van der Waals surface area contributed by atoms with Crippen LogP contribution in [0.25, 0.3) is 6.08 Å². The van der Waals surface area contributed by atoms with E-state index in [1.165, 1.54) is 6.08 Å². The molecule has 0 saturated carbocycles. The molecule has 31 heavy (non-hydrogen) atoms. The Morgan fingerprint density at radius 2 is 1.81 bits per heavy atom. The van der Waals surface area contributed by atoms with Crippen molar-refractivity contribution in [3.8, 4) is 17.6 Å². The van der Waals surface area contributed by atoms with Gasteiger partial charge in [-0.3, -0.25) is 4.79 Å². The molecule has 0 heterocycles. The van der Waals surface area contributed by atoms with E-state index in [-0.39, 0.29) is 5.57 Å². The molecule has 0 fully saturated rings. The summed E-state index contributed by atoms with van der Waals surface area (Å²) in [6, 6.07) is 22.9. The van der Waals surface area contributed by atoms with E-state index in [0.29, 0.717) is 29.4 Å². The first-order valence-electron chi connectivity index (χ1n) is 9.85. The third-order valence-corrected chi connectivity index (χ3v) is 4.74. The summed E-state index contributed by atoms with van der Waals surface area (Å²) in [5.41, 5.74) is 4.35. The maximum absolute atomic E-state index is 12.6. The van der Waals surface area contributed by atoms with Gasteiger partial charge in [0.25, 0.3) is 5.91 Å². The van der Waals surface area contributed by atoms with Crippen molar-refractivity contribution in [3.05, 3.63) is 94.6 Å². The highest BCUT2D eigenvalue weighted by atomic mass is 16.5. The van der Waals surface area contributed by atoms with Gasteiger partial charge < -0.3 is 14.8 Å². The van der Waals surface area contributed by atoms with Crippen LogP contribution in [0.3, 0.4) is 0 Å². The van der Waals surface area contributed by atoms with Crippen molar-refractivity contribution in [2.45, 2.75) is 20.5 Å². The van der Waals surface area contributed by atoms with Gasteiger partial charge in [0.15, 0.2) is 11.5 Å². The number of rotatable bonds is 7. The van der Waals surface area contributed by atoms with E-state index in [1.807, 2.05) is 68.4 Å². The number of carbonyl (C=O) groups is 1. The van der Waals surface area contributed by atoms with E-state index in [1.54, 1.807) is 25.3 Å². The van der Waals surface area contributed by atoms with E-state index >= 15 is 0 Å². The van der Waals surface area contributed by atoms with Crippen molar-refractivity contribution in [3.63, 3.8) is 0 Å². The summed E-state index contributed by atoms with van der Waals surface area (Å²) in [7, 11) is 1.55. The topological polar surface area (TPSA) is 71.3 Å². The number of benzene rings is 3. The molecule has 5 heteroatoms. The van der Waals surface area contributed by atoms with Crippen LogP contribution in [0.1, 0.15) is 22.3 Å². The van der Waals surface area contributed by atoms with Crippen LogP contribution in [0.5, 0.6) is 11.5 Å². The summed E-state index contributed by atoms with van der Waals surface area (Å²) in [6.07, 6.45) is 1.53. The van der Waals surface area contributed by atoms with Gasteiger partial charge in [-0.2, -0.15) is 5.26 Å². The third-order valence-electron chi connectivity index (χ3n) is 4.74. The summed E-state index contributed by atoms with van der Waals surface area (Å²) in [5, 5.41) is 12.3. The second-order valence-electron chi connectivity index (χ2n) is 7.13. The molecule has 1 N–H and O–H groups in total. The molecule has 1 amide bonds. The molecule has 3 aromatic carbocycles. The third kappa shape index (κ3) is 5.74. The summed E-state index contributed by atoms with van der Waals surface area (Å²) in [6.45, 7) is 4.27. The number of nitriles is 1. The van der Waals surface area contributed by atoms with Gasteiger partial charge in [0.05, 0.1) is 7.11 Å². The zero-order valence-electron chi connectivity index (χ0n) is 17.8. The summed E-state index contributed by atoms with van der Waals surface area (Å²) in [4.78, 5) is 12.6. The number of hydrogen-bond acceptors (Lipinski definition) is 4. The molecule has 0 radical (unpaired) electrons. The van der Waals surface area contributed by atoms with Gasteiger partial charge in [-0.25, -0.2) is 0 Å². The molecule has 0 spiro atoms. The standard InChI is InChI=1S/C26H24N2O3/c1-18-9-10-19(2)23(13-18)28-26(29)22(16-27)14-21-11-12-24(25(15-21)30-3)31-17-20-7-5-4-6-8-20/h4-15H,17H2,1-3H3,(H,28,29)/b22-14+. The van der Waals surface area contributed by atoms with Gasteiger partial charge in [0, 0.05) is 5.69 Å². The first kappa shape index (κ1) is 21.7. The minimum Gasteiger partial charge on any atom is -0.493 e. The van der Waals surface area contributed by atoms with Gasteiger partial charge in [-0.15, -0.1) is 0 Å². The Morgan fingerprint density at radius 3 is 2.52 bits per heavy atom. The molecule has 0 atom stereocenters. The molecule has 0 unspecified atom stereocenters. The lowest BCUT2D eigenvalue weighted by Gasteiger charge is -2.12. The predicted molar refractivity (Wildman–Crippen MR) is 122 cm³/mol. The first-order chi connectivity index (χ1) is 15.0. The molecule has 0 saturated heterocycles. The Balaban J connectivity index is 1.77. The normalized spacial score (nSPS) is 10.8. The highest BCUT2D eigenvalue weighted by molar-refractivity contribution is 6.10. The number of nitrogens with zero attached hydrogens (tertiary/aromatic N) is 1. The maximum Gasteiger partial charge on any atom is 0.266 e. The number of hydrogen-bond donors (Lipinski definition) is 1. The summed E-state index contributed by atoms with van der Waals surface area (Å²) >= 11 is 0. The number of nitrogens with one attached hydrogen (secondary N) is 1. The second kappa shape index (κ2) is 10.1. The minimum atomic E-state index is -0.459. The van der Waals surface area contributed by atoms with Crippen LogP contribution in [0.15, 0.2) is 72.3 Å². The number of anilines is 1. The lowest BCUT2D eigenvalue weighted by atomic mass is 10.1. The Labute approximate surface area is 182 Å². The predicted octanol–water partition coefficient (Wildman–Crippen LogP) is 5.44. The van der Waals surface area contributed by atoms with Gasteiger partial charge in [0.2, 0.25) is 0 Å². The minimum absolute atomic E-state index is 0.000845. The van der Waals surface area contributed by atoms with Crippen LogP contribution in [0, 0.1) is 25.2 Å². The number of aryl methyl sites for hydroxylation is 2. The molecular weight excluding hydrogens is 388 g/mol. The number of methoxy groups -OCH3 is 1. The van der Waals surface area contributed by atoms with Crippen LogP contribution < -0.4 is 14.8 Å². The monoisotopic (exact) mass is 412 g/mol. The number of carbonyl (C=O) groups excluding carboxylic acids is 1. The summed E-state index contributed by atoms with van der Waals surface area (Å²) in [5.74, 6) is 0.651. The molecule has 3 rings (SSSR count). The molecule has 156 valence electrons. The molecule has 0 bridgehead atoms. The Bertz CT molecular complexity index is 1150. The Morgan fingerprint density at radius 1 is 1.03 bits per heavy atom. The lowest BCUT2D eigenvalue weighted by Crippen LogP contribution is -2.14. The molecule has 5 nitrogen and oxygen atoms in total. The molecule has 0 aliphatic heterocycles. The van der Waals surface area contributed by atoms with Crippen LogP contribution in [0.4, 0.5) is 5.69 Å². The highest BCUT2D eigenvalue weighted by Gasteiger charge is 2.12. The highest BCUT2D eigenvalue weighted by Crippen LogP contribution is 2.30. The Hall–Kier alpha value is -4.04. The average molecular weight is 412 g/mol. The van der Waals surface area contributed by atoms with E-state index < -0.39 is 5.91 Å². The van der Waals surface area contributed by atoms with E-state index in [4.69, 9.17) is 9.47 Å². The van der Waals surface area contributed by atoms with E-state index in [0.717, 1.165) is 16.7 Å². The maximum atomic E-state index is 12.6. The summed E-state index contributed by atoms with van der Waals surface area (Å²) < 4.78 is 11.3.